The SMILES string of the molecule is CC(CNc1ccnc(C#N)c1)N(C)C. The monoisotopic (exact) mass is 204 g/mol. The summed E-state index contributed by atoms with van der Waals surface area (Å²) < 4.78 is 0. The normalized spacial score (nSPS) is 12.2. The maximum atomic E-state index is 8.68. The van der Waals surface area contributed by atoms with E-state index in [1.165, 1.54) is 0 Å². The number of aromatic nitrogens is 1. The molecule has 1 atom stereocenters. The van der Waals surface area contributed by atoms with E-state index in [4.69, 9.17) is 5.26 Å². The van der Waals surface area contributed by atoms with Crippen LogP contribution in [0.5, 0.6) is 0 Å². The second-order valence-electron chi connectivity index (χ2n) is 3.74. The van der Waals surface area contributed by atoms with Gasteiger partial charge in [-0.2, -0.15) is 5.26 Å². The molecule has 4 heteroatoms. The van der Waals surface area contributed by atoms with Gasteiger partial charge in [0.05, 0.1) is 0 Å². The topological polar surface area (TPSA) is 52.0 Å². The smallest absolute Gasteiger partial charge is 0.142 e. The maximum absolute atomic E-state index is 8.68. The van der Waals surface area contributed by atoms with E-state index in [0.717, 1.165) is 12.2 Å². The minimum Gasteiger partial charge on any atom is -0.383 e. The van der Waals surface area contributed by atoms with E-state index < -0.39 is 0 Å². The third-order valence-electron chi connectivity index (χ3n) is 2.36. The quantitative estimate of drug-likeness (QED) is 0.803. The Labute approximate surface area is 90.5 Å². The van der Waals surface area contributed by atoms with E-state index in [-0.39, 0.29) is 0 Å². The van der Waals surface area contributed by atoms with Gasteiger partial charge in [0.2, 0.25) is 0 Å². The van der Waals surface area contributed by atoms with Crippen LogP contribution in [0.3, 0.4) is 0 Å². The number of nitriles is 1. The molecule has 1 N–H and O–H groups in total. The molecular weight excluding hydrogens is 188 g/mol. The zero-order valence-electron chi connectivity index (χ0n) is 9.36. The van der Waals surface area contributed by atoms with Crippen LogP contribution in [-0.4, -0.2) is 36.6 Å². The summed E-state index contributed by atoms with van der Waals surface area (Å²) in [5, 5.41) is 11.9. The molecule has 15 heavy (non-hydrogen) atoms. The molecule has 1 heterocycles. The highest BCUT2D eigenvalue weighted by molar-refractivity contribution is 5.45. The minimum absolute atomic E-state index is 0.442. The van der Waals surface area contributed by atoms with Crippen LogP contribution in [-0.2, 0) is 0 Å². The lowest BCUT2D eigenvalue weighted by molar-refractivity contribution is 0.326. The molecule has 1 unspecified atom stereocenters. The fourth-order valence-electron chi connectivity index (χ4n) is 1.05. The molecule has 0 spiro atoms. The van der Waals surface area contributed by atoms with Gasteiger partial charge in [-0.05, 0) is 33.2 Å². The maximum Gasteiger partial charge on any atom is 0.142 e. The molecule has 0 aliphatic heterocycles. The second-order valence-corrected chi connectivity index (χ2v) is 3.74. The summed E-state index contributed by atoms with van der Waals surface area (Å²) in [4.78, 5) is 6.05. The van der Waals surface area contributed by atoms with Crippen molar-refractivity contribution in [1.29, 1.82) is 5.26 Å². The Morgan fingerprint density at radius 2 is 2.33 bits per heavy atom. The molecule has 0 amide bonds. The van der Waals surface area contributed by atoms with Gasteiger partial charge in [-0.15, -0.1) is 0 Å². The molecule has 1 rings (SSSR count). The summed E-state index contributed by atoms with van der Waals surface area (Å²) in [7, 11) is 4.08. The number of hydrogen-bond acceptors (Lipinski definition) is 4. The minimum atomic E-state index is 0.442. The largest absolute Gasteiger partial charge is 0.383 e. The van der Waals surface area contributed by atoms with Crippen molar-refractivity contribution >= 4 is 5.69 Å². The van der Waals surface area contributed by atoms with Crippen molar-refractivity contribution in [2.75, 3.05) is 26.0 Å². The average molecular weight is 204 g/mol. The number of nitrogens with zero attached hydrogens (tertiary/aromatic N) is 3. The zero-order chi connectivity index (χ0) is 11.3. The van der Waals surface area contributed by atoms with Crippen LogP contribution in [0.15, 0.2) is 18.3 Å². The fourth-order valence-corrected chi connectivity index (χ4v) is 1.05. The van der Waals surface area contributed by atoms with E-state index in [1.54, 1.807) is 12.3 Å². The molecule has 0 fully saturated rings. The molecule has 0 bridgehead atoms. The Kier molecular flexibility index (Phi) is 4.07. The van der Waals surface area contributed by atoms with Crippen LogP contribution in [0.4, 0.5) is 5.69 Å². The standard InChI is InChI=1S/C11H16N4/c1-9(15(2)3)8-14-10-4-5-13-11(6-10)7-12/h4-6,9H,8H2,1-3H3,(H,13,14). The lowest BCUT2D eigenvalue weighted by Gasteiger charge is -2.20. The van der Waals surface area contributed by atoms with Crippen LogP contribution in [0, 0.1) is 11.3 Å². The van der Waals surface area contributed by atoms with Crippen LogP contribution in [0.25, 0.3) is 0 Å². The Morgan fingerprint density at radius 1 is 1.60 bits per heavy atom. The highest BCUT2D eigenvalue weighted by Crippen LogP contribution is 2.07. The van der Waals surface area contributed by atoms with Crippen molar-refractivity contribution in [2.24, 2.45) is 0 Å². The lowest BCUT2D eigenvalue weighted by Crippen LogP contribution is -2.31. The highest BCUT2D eigenvalue weighted by atomic mass is 15.1. The van der Waals surface area contributed by atoms with Gasteiger partial charge >= 0.3 is 0 Å². The second kappa shape index (κ2) is 5.32. The molecule has 0 saturated carbocycles. The van der Waals surface area contributed by atoms with Gasteiger partial charge in [0, 0.05) is 24.5 Å². The van der Waals surface area contributed by atoms with Crippen molar-refractivity contribution < 1.29 is 0 Å². The van der Waals surface area contributed by atoms with Crippen molar-refractivity contribution in [1.82, 2.24) is 9.88 Å². The van der Waals surface area contributed by atoms with Crippen molar-refractivity contribution in [3.8, 4) is 6.07 Å². The molecule has 4 nitrogen and oxygen atoms in total. The lowest BCUT2D eigenvalue weighted by atomic mass is 10.3. The third kappa shape index (κ3) is 3.56. The number of rotatable bonds is 4. The number of nitrogens with one attached hydrogen (secondary N) is 1. The third-order valence-corrected chi connectivity index (χ3v) is 2.36. The first-order chi connectivity index (χ1) is 7.13. The Hall–Kier alpha value is -1.60. The average Bonchev–Trinajstić information content (AvgIpc) is 2.26. The van der Waals surface area contributed by atoms with E-state index in [0.29, 0.717) is 11.7 Å². The summed E-state index contributed by atoms with van der Waals surface area (Å²) >= 11 is 0. The molecule has 0 radical (unpaired) electrons. The number of anilines is 1. The number of hydrogen-bond donors (Lipinski definition) is 1. The Morgan fingerprint density at radius 3 is 2.93 bits per heavy atom. The van der Waals surface area contributed by atoms with Gasteiger partial charge in [0.1, 0.15) is 11.8 Å². The Balaban J connectivity index is 2.55. The molecule has 1 aromatic rings. The summed E-state index contributed by atoms with van der Waals surface area (Å²) in [6, 6.07) is 6.08. The summed E-state index contributed by atoms with van der Waals surface area (Å²) in [6.45, 7) is 2.99. The van der Waals surface area contributed by atoms with Crippen molar-refractivity contribution in [2.45, 2.75) is 13.0 Å². The van der Waals surface area contributed by atoms with Crippen molar-refractivity contribution in [3.63, 3.8) is 0 Å². The molecule has 0 aliphatic rings. The van der Waals surface area contributed by atoms with E-state index in [1.807, 2.05) is 26.2 Å². The number of pyridine rings is 1. The van der Waals surface area contributed by atoms with E-state index in [2.05, 4.69) is 22.1 Å². The van der Waals surface area contributed by atoms with Crippen LogP contribution < -0.4 is 5.32 Å². The molecule has 80 valence electrons. The van der Waals surface area contributed by atoms with E-state index >= 15 is 0 Å². The highest BCUT2D eigenvalue weighted by Gasteiger charge is 2.03. The van der Waals surface area contributed by atoms with Crippen LogP contribution in [0.2, 0.25) is 0 Å². The molecule has 0 aromatic carbocycles. The molecule has 1 aromatic heterocycles. The van der Waals surface area contributed by atoms with Gasteiger partial charge in [0.15, 0.2) is 0 Å². The molecule has 0 aliphatic carbocycles. The summed E-state index contributed by atoms with van der Waals surface area (Å²) in [5.41, 5.74) is 1.38. The Bertz CT molecular complexity index is 354. The summed E-state index contributed by atoms with van der Waals surface area (Å²) in [5.74, 6) is 0. The molecular formula is C11H16N4. The first-order valence-electron chi connectivity index (χ1n) is 4.90. The van der Waals surface area contributed by atoms with Crippen molar-refractivity contribution in [3.05, 3.63) is 24.0 Å². The predicted octanol–water partition coefficient (Wildman–Crippen LogP) is 1.32. The summed E-state index contributed by atoms with van der Waals surface area (Å²) in [6.07, 6.45) is 1.64. The molecule has 0 saturated heterocycles. The van der Waals surface area contributed by atoms with Crippen LogP contribution >= 0.6 is 0 Å². The number of likely N-dealkylation sites (N-methyl/N-ethyl adjacent to an activating group) is 1. The first-order valence-corrected chi connectivity index (χ1v) is 4.90. The van der Waals surface area contributed by atoms with Crippen LogP contribution in [0.1, 0.15) is 12.6 Å². The van der Waals surface area contributed by atoms with Gasteiger partial charge in [-0.3, -0.25) is 0 Å². The first kappa shape index (κ1) is 11.5. The zero-order valence-corrected chi connectivity index (χ0v) is 9.36. The predicted molar refractivity (Wildman–Crippen MR) is 60.6 cm³/mol. The van der Waals surface area contributed by atoms with Gasteiger partial charge in [-0.1, -0.05) is 0 Å². The fraction of sp³-hybridized carbons (Fsp3) is 0.455. The van der Waals surface area contributed by atoms with Gasteiger partial charge < -0.3 is 10.2 Å². The van der Waals surface area contributed by atoms with Gasteiger partial charge in [-0.25, -0.2) is 4.98 Å². The van der Waals surface area contributed by atoms with E-state index in [9.17, 15) is 0 Å². The van der Waals surface area contributed by atoms with Gasteiger partial charge in [0.25, 0.3) is 0 Å².